The van der Waals surface area contributed by atoms with Crippen molar-refractivity contribution in [2.45, 2.75) is 39.2 Å². The van der Waals surface area contributed by atoms with Gasteiger partial charge < -0.3 is 4.90 Å². The van der Waals surface area contributed by atoms with Crippen molar-refractivity contribution in [3.05, 3.63) is 65.0 Å². The van der Waals surface area contributed by atoms with Gasteiger partial charge in [0.1, 0.15) is 12.2 Å². The summed E-state index contributed by atoms with van der Waals surface area (Å²) >= 11 is 0. The first kappa shape index (κ1) is 17.5. The lowest BCUT2D eigenvalue weighted by Gasteiger charge is -2.31. The van der Waals surface area contributed by atoms with Crippen molar-refractivity contribution < 1.29 is 4.79 Å². The summed E-state index contributed by atoms with van der Waals surface area (Å²) in [6.45, 7) is 6.17. The van der Waals surface area contributed by atoms with Gasteiger partial charge in [-0.05, 0) is 50.5 Å². The van der Waals surface area contributed by atoms with Crippen molar-refractivity contribution in [2.75, 3.05) is 13.1 Å². The number of rotatable bonds is 4. The first-order valence-corrected chi connectivity index (χ1v) is 9.34. The number of H-pyrrole nitrogens is 1. The zero-order valence-corrected chi connectivity index (χ0v) is 15.7. The fourth-order valence-corrected chi connectivity index (χ4v) is 3.79. The summed E-state index contributed by atoms with van der Waals surface area (Å²) in [6.07, 6.45) is 3.53. The second-order valence-electron chi connectivity index (χ2n) is 7.25. The smallest absolute Gasteiger partial charge is 0.253 e. The zero-order chi connectivity index (χ0) is 18.8. The molecule has 1 amide bonds. The third-order valence-electron chi connectivity index (χ3n) is 5.14. The molecule has 0 radical (unpaired) electrons. The molecule has 1 aromatic carbocycles. The summed E-state index contributed by atoms with van der Waals surface area (Å²) in [4.78, 5) is 19.2. The van der Waals surface area contributed by atoms with Crippen LogP contribution in [0.5, 0.6) is 0 Å². The Labute approximate surface area is 158 Å². The minimum absolute atomic E-state index is 0.0782. The molecule has 1 aliphatic rings. The molecule has 1 N–H and O–H groups in total. The van der Waals surface area contributed by atoms with Gasteiger partial charge in [-0.2, -0.15) is 10.2 Å². The number of carbonyl (C=O) groups is 1. The Bertz CT molecular complexity index is 930. The van der Waals surface area contributed by atoms with Crippen LogP contribution in [0.3, 0.4) is 0 Å². The third kappa shape index (κ3) is 3.77. The van der Waals surface area contributed by atoms with Gasteiger partial charge >= 0.3 is 0 Å². The van der Waals surface area contributed by atoms with E-state index in [9.17, 15) is 4.79 Å². The fourth-order valence-electron chi connectivity index (χ4n) is 3.79. The number of nitrogens with one attached hydrogen (secondary N) is 1. The number of hydrogen-bond donors (Lipinski definition) is 1. The van der Waals surface area contributed by atoms with E-state index in [4.69, 9.17) is 0 Å². The minimum Gasteiger partial charge on any atom is -0.338 e. The van der Waals surface area contributed by atoms with Gasteiger partial charge in [0.05, 0.1) is 12.2 Å². The molecule has 27 heavy (non-hydrogen) atoms. The summed E-state index contributed by atoms with van der Waals surface area (Å²) in [7, 11) is 0. The number of likely N-dealkylation sites (tertiary alicyclic amines) is 1. The Hall–Kier alpha value is -2.96. The highest BCUT2D eigenvalue weighted by atomic mass is 16.2. The lowest BCUT2D eigenvalue weighted by molar-refractivity contribution is 0.0704. The quantitative estimate of drug-likeness (QED) is 0.772. The molecule has 0 aliphatic carbocycles. The monoisotopic (exact) mass is 364 g/mol. The predicted molar refractivity (Wildman–Crippen MR) is 102 cm³/mol. The molecular weight excluding hydrogens is 340 g/mol. The Kier molecular flexibility index (Phi) is 4.75. The Balaban J connectivity index is 1.49. The molecule has 1 fully saturated rings. The Morgan fingerprint density at radius 3 is 2.93 bits per heavy atom. The lowest BCUT2D eigenvalue weighted by Crippen LogP contribution is -2.39. The molecule has 2 aromatic heterocycles. The number of aromatic nitrogens is 5. The molecule has 0 spiro atoms. The van der Waals surface area contributed by atoms with E-state index in [0.29, 0.717) is 13.1 Å². The van der Waals surface area contributed by atoms with Crippen LogP contribution in [0.15, 0.2) is 36.7 Å². The lowest BCUT2D eigenvalue weighted by atomic mass is 9.96. The number of piperidine rings is 1. The normalized spacial score (nSPS) is 17.3. The highest BCUT2D eigenvalue weighted by molar-refractivity contribution is 5.94. The minimum atomic E-state index is 0.0782. The molecule has 7 nitrogen and oxygen atoms in total. The van der Waals surface area contributed by atoms with Crippen LogP contribution in [0.1, 0.15) is 51.9 Å². The maximum atomic E-state index is 13.0. The van der Waals surface area contributed by atoms with Crippen LogP contribution in [0.2, 0.25) is 0 Å². The molecule has 4 rings (SSSR count). The predicted octanol–water partition coefficient (Wildman–Crippen LogP) is 2.69. The molecule has 140 valence electrons. The van der Waals surface area contributed by atoms with Gasteiger partial charge in [-0.15, -0.1) is 0 Å². The number of nitrogens with zero attached hydrogens (tertiary/aromatic N) is 5. The van der Waals surface area contributed by atoms with E-state index in [1.165, 1.54) is 6.33 Å². The highest BCUT2D eigenvalue weighted by Gasteiger charge is 2.27. The van der Waals surface area contributed by atoms with E-state index < -0.39 is 0 Å². The summed E-state index contributed by atoms with van der Waals surface area (Å²) in [6, 6.07) is 9.93. The highest BCUT2D eigenvalue weighted by Crippen LogP contribution is 2.25. The molecule has 7 heteroatoms. The maximum Gasteiger partial charge on any atom is 0.253 e. The van der Waals surface area contributed by atoms with Gasteiger partial charge in [0, 0.05) is 30.3 Å². The van der Waals surface area contributed by atoms with Gasteiger partial charge in [-0.3, -0.25) is 14.6 Å². The first-order valence-electron chi connectivity index (χ1n) is 9.34. The van der Waals surface area contributed by atoms with Gasteiger partial charge in [0.2, 0.25) is 0 Å². The van der Waals surface area contributed by atoms with Crippen LogP contribution in [0, 0.1) is 13.8 Å². The number of aromatic amines is 1. The standard InChI is InChI=1S/C20H24N6O/c1-14-9-15(2)26(24-14)11-16-5-3-6-17(10-16)20(27)25-8-4-7-18(12-25)19-21-13-22-23-19/h3,5-6,9-10,13,18H,4,7-8,11-12H2,1-2H3,(H,21,22,23). The van der Waals surface area contributed by atoms with Gasteiger partial charge in [0.15, 0.2) is 0 Å². The van der Waals surface area contributed by atoms with Crippen molar-refractivity contribution in [2.24, 2.45) is 0 Å². The number of aryl methyl sites for hydroxylation is 2. The maximum absolute atomic E-state index is 13.0. The van der Waals surface area contributed by atoms with Crippen molar-refractivity contribution in [3.8, 4) is 0 Å². The average Bonchev–Trinajstić information content (AvgIpc) is 3.32. The average molecular weight is 364 g/mol. The van der Waals surface area contributed by atoms with E-state index >= 15 is 0 Å². The Morgan fingerprint density at radius 1 is 1.30 bits per heavy atom. The van der Waals surface area contributed by atoms with E-state index in [0.717, 1.165) is 47.7 Å². The topological polar surface area (TPSA) is 79.7 Å². The second kappa shape index (κ2) is 7.34. The van der Waals surface area contributed by atoms with Crippen LogP contribution in [-0.4, -0.2) is 48.9 Å². The molecule has 1 aliphatic heterocycles. The van der Waals surface area contributed by atoms with Gasteiger partial charge in [-0.1, -0.05) is 12.1 Å². The molecule has 1 atom stereocenters. The summed E-state index contributed by atoms with van der Waals surface area (Å²) in [5.41, 5.74) is 3.93. The van der Waals surface area contributed by atoms with Gasteiger partial charge in [0.25, 0.3) is 5.91 Å². The second-order valence-corrected chi connectivity index (χ2v) is 7.25. The molecule has 3 heterocycles. The van der Waals surface area contributed by atoms with Crippen molar-refractivity contribution in [1.29, 1.82) is 0 Å². The first-order chi connectivity index (χ1) is 13.1. The summed E-state index contributed by atoms with van der Waals surface area (Å²) in [5, 5.41) is 11.4. The summed E-state index contributed by atoms with van der Waals surface area (Å²) in [5.74, 6) is 1.17. The summed E-state index contributed by atoms with van der Waals surface area (Å²) < 4.78 is 1.97. The number of carbonyl (C=O) groups excluding carboxylic acids is 1. The van der Waals surface area contributed by atoms with Crippen molar-refractivity contribution in [1.82, 2.24) is 29.9 Å². The van der Waals surface area contributed by atoms with Gasteiger partial charge in [-0.25, -0.2) is 4.98 Å². The molecule has 0 bridgehead atoms. The largest absolute Gasteiger partial charge is 0.338 e. The zero-order valence-electron chi connectivity index (χ0n) is 15.7. The van der Waals surface area contributed by atoms with Crippen molar-refractivity contribution >= 4 is 5.91 Å². The van der Waals surface area contributed by atoms with Crippen LogP contribution in [0.4, 0.5) is 0 Å². The molecule has 1 saturated heterocycles. The van der Waals surface area contributed by atoms with E-state index in [2.05, 4.69) is 26.3 Å². The molecule has 1 unspecified atom stereocenters. The SMILES string of the molecule is Cc1cc(C)n(Cc2cccc(C(=O)N3CCCC(c4ncn[nH]4)C3)c2)n1. The molecule has 3 aromatic rings. The fraction of sp³-hybridized carbons (Fsp3) is 0.400. The Morgan fingerprint density at radius 2 is 2.19 bits per heavy atom. The van der Waals surface area contributed by atoms with Crippen LogP contribution in [-0.2, 0) is 6.54 Å². The van der Waals surface area contributed by atoms with E-state index in [1.807, 2.05) is 47.7 Å². The molecule has 0 saturated carbocycles. The number of amides is 1. The number of hydrogen-bond acceptors (Lipinski definition) is 4. The van der Waals surface area contributed by atoms with E-state index in [-0.39, 0.29) is 11.8 Å². The van der Waals surface area contributed by atoms with Crippen LogP contribution in [0.25, 0.3) is 0 Å². The van der Waals surface area contributed by atoms with Crippen LogP contribution < -0.4 is 0 Å². The van der Waals surface area contributed by atoms with Crippen LogP contribution >= 0.6 is 0 Å². The third-order valence-corrected chi connectivity index (χ3v) is 5.14. The van der Waals surface area contributed by atoms with Crippen molar-refractivity contribution in [3.63, 3.8) is 0 Å². The van der Waals surface area contributed by atoms with E-state index in [1.54, 1.807) is 0 Å². The molecular formula is C20H24N6O. The number of benzene rings is 1.